The van der Waals surface area contributed by atoms with Crippen LogP contribution in [0.2, 0.25) is 0 Å². The van der Waals surface area contributed by atoms with E-state index in [0.717, 1.165) is 43.4 Å². The second-order valence-corrected chi connectivity index (χ2v) is 5.07. The third-order valence-electron chi connectivity index (χ3n) is 3.91. The summed E-state index contributed by atoms with van der Waals surface area (Å²) >= 11 is 0. The highest BCUT2D eigenvalue weighted by Crippen LogP contribution is 2.22. The molecule has 1 heterocycles. The Hall–Kier alpha value is -1.64. The average Bonchev–Trinajstić information content (AvgIpc) is 2.60. The molecule has 0 aliphatic heterocycles. The molecule has 1 aliphatic carbocycles. The van der Waals surface area contributed by atoms with Crippen molar-refractivity contribution in [1.29, 1.82) is 0 Å². The number of aryl methyl sites for hydroxylation is 2. The van der Waals surface area contributed by atoms with E-state index in [1.165, 1.54) is 6.07 Å². The van der Waals surface area contributed by atoms with E-state index in [-0.39, 0.29) is 11.2 Å². The zero-order valence-corrected chi connectivity index (χ0v) is 10.5. The zero-order chi connectivity index (χ0) is 12.7. The molecular formula is C15H16FNO. The van der Waals surface area contributed by atoms with E-state index in [2.05, 4.69) is 4.98 Å². The quantitative estimate of drug-likeness (QED) is 0.710. The molecule has 0 atom stereocenters. The first kappa shape index (κ1) is 11.5. The minimum Gasteiger partial charge on any atom is -0.358 e. The van der Waals surface area contributed by atoms with Crippen molar-refractivity contribution >= 4 is 10.9 Å². The monoisotopic (exact) mass is 245 g/mol. The van der Waals surface area contributed by atoms with E-state index < -0.39 is 0 Å². The number of fused-ring (bicyclic) bond motifs is 2. The third-order valence-corrected chi connectivity index (χ3v) is 3.91. The number of rotatable bonds is 0. The minimum absolute atomic E-state index is 0.0868. The highest BCUT2D eigenvalue weighted by Gasteiger charge is 2.16. The van der Waals surface area contributed by atoms with Gasteiger partial charge >= 0.3 is 0 Å². The molecule has 0 saturated heterocycles. The number of H-pyrrole nitrogens is 1. The number of halogens is 1. The molecule has 3 rings (SSSR count). The Balaban J connectivity index is 2.38. The molecule has 18 heavy (non-hydrogen) atoms. The number of aromatic nitrogens is 1. The lowest BCUT2D eigenvalue weighted by Crippen LogP contribution is -2.14. The molecule has 1 aromatic heterocycles. The van der Waals surface area contributed by atoms with Gasteiger partial charge in [0.1, 0.15) is 5.82 Å². The van der Waals surface area contributed by atoms with Crippen LogP contribution in [-0.2, 0) is 12.8 Å². The first-order chi connectivity index (χ1) is 8.68. The molecule has 1 aromatic carbocycles. The lowest BCUT2D eigenvalue weighted by molar-refractivity contribution is 0.620. The summed E-state index contributed by atoms with van der Waals surface area (Å²) in [5.41, 5.74) is 3.21. The highest BCUT2D eigenvalue weighted by atomic mass is 19.1. The van der Waals surface area contributed by atoms with Crippen molar-refractivity contribution in [1.82, 2.24) is 4.98 Å². The summed E-state index contributed by atoms with van der Waals surface area (Å²) < 4.78 is 13.6. The summed E-state index contributed by atoms with van der Waals surface area (Å²) in [6, 6.07) is 2.98. The van der Waals surface area contributed by atoms with Crippen molar-refractivity contribution in [3.05, 3.63) is 45.0 Å². The van der Waals surface area contributed by atoms with E-state index in [4.69, 9.17) is 0 Å². The lowest BCUT2D eigenvalue weighted by atomic mass is 10.0. The van der Waals surface area contributed by atoms with Gasteiger partial charge in [-0.05, 0) is 44.7 Å². The van der Waals surface area contributed by atoms with Gasteiger partial charge < -0.3 is 4.98 Å². The second kappa shape index (κ2) is 4.23. The Kier molecular flexibility index (Phi) is 2.69. The average molecular weight is 245 g/mol. The Bertz CT molecular complexity index is 672. The normalized spacial score (nSPS) is 15.4. The van der Waals surface area contributed by atoms with E-state index in [9.17, 15) is 9.18 Å². The third kappa shape index (κ3) is 1.65. The Morgan fingerprint density at radius 3 is 2.78 bits per heavy atom. The maximum Gasteiger partial charge on any atom is 0.192 e. The molecule has 2 nitrogen and oxygen atoms in total. The maximum atomic E-state index is 13.6. The Morgan fingerprint density at radius 1 is 1.17 bits per heavy atom. The summed E-state index contributed by atoms with van der Waals surface area (Å²) in [5, 5.41) is 0.620. The summed E-state index contributed by atoms with van der Waals surface area (Å²) in [7, 11) is 0. The predicted octanol–water partition coefficient (Wildman–Crippen LogP) is 3.24. The molecule has 2 aromatic rings. The maximum absolute atomic E-state index is 13.6. The fourth-order valence-electron chi connectivity index (χ4n) is 2.82. The van der Waals surface area contributed by atoms with Crippen LogP contribution in [-0.4, -0.2) is 4.98 Å². The van der Waals surface area contributed by atoms with Crippen LogP contribution < -0.4 is 5.43 Å². The SMILES string of the molecule is Cc1c(F)ccc2c(=O)c3c([nH]c12)CCCCC3. The van der Waals surface area contributed by atoms with Gasteiger partial charge in [-0.3, -0.25) is 4.79 Å². The van der Waals surface area contributed by atoms with E-state index in [0.29, 0.717) is 16.5 Å². The first-order valence-electron chi connectivity index (χ1n) is 6.51. The molecule has 94 valence electrons. The van der Waals surface area contributed by atoms with Crippen LogP contribution in [0, 0.1) is 12.7 Å². The molecule has 0 unspecified atom stereocenters. The van der Waals surface area contributed by atoms with Crippen molar-refractivity contribution in [2.75, 3.05) is 0 Å². The number of pyridine rings is 1. The molecule has 0 amide bonds. The standard InChI is InChI=1S/C15H16FNO/c1-9-12(16)8-7-11-14(9)17-13-6-4-2-3-5-10(13)15(11)18/h7-8H,2-6H2,1H3,(H,17,18). The molecule has 0 bridgehead atoms. The molecule has 0 spiro atoms. The number of hydrogen-bond acceptors (Lipinski definition) is 1. The molecule has 0 saturated carbocycles. The van der Waals surface area contributed by atoms with Crippen molar-refractivity contribution in [3.63, 3.8) is 0 Å². The largest absolute Gasteiger partial charge is 0.358 e. The summed E-state index contributed by atoms with van der Waals surface area (Å²) in [5.74, 6) is -0.258. The van der Waals surface area contributed by atoms with Gasteiger partial charge in [-0.25, -0.2) is 4.39 Å². The minimum atomic E-state index is -0.258. The number of hydrogen-bond donors (Lipinski definition) is 1. The van der Waals surface area contributed by atoms with Gasteiger partial charge in [-0.15, -0.1) is 0 Å². The lowest BCUT2D eigenvalue weighted by Gasteiger charge is -2.10. The molecule has 1 N–H and O–H groups in total. The predicted molar refractivity (Wildman–Crippen MR) is 70.5 cm³/mol. The summed E-state index contributed by atoms with van der Waals surface area (Å²) in [4.78, 5) is 15.7. The van der Waals surface area contributed by atoms with E-state index in [1.54, 1.807) is 13.0 Å². The number of benzene rings is 1. The van der Waals surface area contributed by atoms with Gasteiger partial charge in [-0.1, -0.05) is 6.42 Å². The molecule has 1 aliphatic rings. The van der Waals surface area contributed by atoms with Gasteiger partial charge in [0, 0.05) is 22.2 Å². The van der Waals surface area contributed by atoms with Gasteiger partial charge in [-0.2, -0.15) is 0 Å². The van der Waals surface area contributed by atoms with Gasteiger partial charge in [0.2, 0.25) is 0 Å². The Labute approximate surface area is 105 Å². The molecule has 0 fully saturated rings. The first-order valence-corrected chi connectivity index (χ1v) is 6.51. The van der Waals surface area contributed by atoms with Gasteiger partial charge in [0.05, 0.1) is 5.52 Å². The van der Waals surface area contributed by atoms with Crippen LogP contribution in [0.25, 0.3) is 10.9 Å². The van der Waals surface area contributed by atoms with Crippen LogP contribution in [0.1, 0.15) is 36.1 Å². The van der Waals surface area contributed by atoms with Crippen molar-refractivity contribution in [2.45, 2.75) is 39.0 Å². The van der Waals surface area contributed by atoms with Crippen LogP contribution in [0.15, 0.2) is 16.9 Å². The highest BCUT2D eigenvalue weighted by molar-refractivity contribution is 5.82. The fraction of sp³-hybridized carbons (Fsp3) is 0.400. The van der Waals surface area contributed by atoms with Crippen molar-refractivity contribution in [3.8, 4) is 0 Å². The topological polar surface area (TPSA) is 32.9 Å². The zero-order valence-electron chi connectivity index (χ0n) is 10.5. The molecular weight excluding hydrogens is 229 g/mol. The Morgan fingerprint density at radius 2 is 1.94 bits per heavy atom. The van der Waals surface area contributed by atoms with Crippen molar-refractivity contribution < 1.29 is 4.39 Å². The molecule has 0 radical (unpaired) electrons. The summed E-state index contributed by atoms with van der Waals surface area (Å²) in [6.07, 6.45) is 5.07. The van der Waals surface area contributed by atoms with Crippen LogP contribution in [0.5, 0.6) is 0 Å². The molecule has 3 heteroatoms. The van der Waals surface area contributed by atoms with E-state index in [1.807, 2.05) is 0 Å². The van der Waals surface area contributed by atoms with Gasteiger partial charge in [0.15, 0.2) is 5.43 Å². The fourth-order valence-corrected chi connectivity index (χ4v) is 2.82. The smallest absolute Gasteiger partial charge is 0.192 e. The second-order valence-electron chi connectivity index (χ2n) is 5.07. The van der Waals surface area contributed by atoms with Crippen LogP contribution in [0.4, 0.5) is 4.39 Å². The van der Waals surface area contributed by atoms with Crippen molar-refractivity contribution in [2.24, 2.45) is 0 Å². The summed E-state index contributed by atoms with van der Waals surface area (Å²) in [6.45, 7) is 1.72. The van der Waals surface area contributed by atoms with Gasteiger partial charge in [0.25, 0.3) is 0 Å². The number of aromatic amines is 1. The number of nitrogens with one attached hydrogen (secondary N) is 1. The van der Waals surface area contributed by atoms with Crippen LogP contribution >= 0.6 is 0 Å². The van der Waals surface area contributed by atoms with Crippen LogP contribution in [0.3, 0.4) is 0 Å². The van der Waals surface area contributed by atoms with E-state index >= 15 is 0 Å².